The molecule has 124 valence electrons. The van der Waals surface area contributed by atoms with Crippen LogP contribution in [0.2, 0.25) is 0 Å². The van der Waals surface area contributed by atoms with Gasteiger partial charge < -0.3 is 16.4 Å². The zero-order chi connectivity index (χ0) is 16.9. The minimum atomic E-state index is 0.255. The van der Waals surface area contributed by atoms with Crippen LogP contribution in [0.3, 0.4) is 0 Å². The van der Waals surface area contributed by atoms with Crippen LogP contribution in [0.1, 0.15) is 47.1 Å². The molecule has 0 spiro atoms. The van der Waals surface area contributed by atoms with E-state index in [4.69, 9.17) is 0 Å². The second-order valence-electron chi connectivity index (χ2n) is 4.74. The Hall–Kier alpha value is -1.06. The van der Waals surface area contributed by atoms with Crippen LogP contribution in [-0.4, -0.2) is 27.2 Å². The maximum absolute atomic E-state index is 4.50. The van der Waals surface area contributed by atoms with E-state index in [2.05, 4.69) is 54.5 Å². The van der Waals surface area contributed by atoms with Crippen LogP contribution in [0.15, 0.2) is 24.3 Å². The van der Waals surface area contributed by atoms with Gasteiger partial charge in [0.05, 0.1) is 0 Å². The minimum absolute atomic E-state index is 0.255. The first-order valence-corrected chi connectivity index (χ1v) is 8.26. The second-order valence-corrected chi connectivity index (χ2v) is 4.74. The molecule has 2 rings (SSSR count). The van der Waals surface area contributed by atoms with Crippen LogP contribution in [0.25, 0.3) is 0 Å². The molecule has 0 bridgehead atoms. The lowest BCUT2D eigenvalue weighted by atomic mass is 9.73. The van der Waals surface area contributed by atoms with E-state index in [1.165, 1.54) is 18.3 Å². The fourth-order valence-electron chi connectivity index (χ4n) is 2.61. The summed E-state index contributed by atoms with van der Waals surface area (Å²) in [5.41, 5.74) is 7.53. The molecule has 1 aromatic carbocycles. The van der Waals surface area contributed by atoms with E-state index < -0.39 is 0 Å². The van der Waals surface area contributed by atoms with E-state index in [0.717, 1.165) is 13.1 Å². The topological polar surface area (TPSA) is 50.1 Å². The minimum Gasteiger partial charge on any atom is -0.384 e. The monoisotopic (exact) mass is 295 g/mol. The van der Waals surface area contributed by atoms with Crippen LogP contribution in [0.4, 0.5) is 5.69 Å². The highest BCUT2D eigenvalue weighted by Gasteiger charge is 2.40. The molecular weight excluding hydrogens is 258 g/mol. The number of hydrogen-bond acceptors (Lipinski definition) is 3. The van der Waals surface area contributed by atoms with Gasteiger partial charge in [0.2, 0.25) is 0 Å². The number of para-hydroxylation sites is 1. The molecule has 21 heavy (non-hydrogen) atoms. The zero-order valence-corrected chi connectivity index (χ0v) is 15.4. The summed E-state index contributed by atoms with van der Waals surface area (Å²) in [6, 6.07) is 8.67. The predicted octanol–water partition coefficient (Wildman–Crippen LogP) is 3.85. The first-order chi connectivity index (χ1) is 10.2. The van der Waals surface area contributed by atoms with Crippen molar-refractivity contribution in [2.75, 3.05) is 32.5 Å². The molecule has 1 aromatic rings. The molecule has 0 fully saturated rings. The summed E-state index contributed by atoms with van der Waals surface area (Å²) in [6.45, 7) is 14.7. The molecule has 3 nitrogen and oxygen atoms in total. The number of benzene rings is 1. The SMILES string of the molecule is CC.CC.CN.CNCC1(C(C)C)CNc2ccccc21. The highest BCUT2D eigenvalue weighted by atomic mass is 15.0. The van der Waals surface area contributed by atoms with Gasteiger partial charge in [-0.15, -0.1) is 0 Å². The standard InChI is InChI=1S/C13H20N2.2C2H6.CH5N/c1-10(2)13(8-14-3)9-15-12-7-5-4-6-11(12)13;3*1-2/h4-7,10,14-15H,8-9H2,1-3H3;2*1-2H3;2H2,1H3. The number of likely N-dealkylation sites (N-methyl/N-ethyl adjacent to an activating group) is 1. The van der Waals surface area contributed by atoms with Gasteiger partial charge in [0, 0.05) is 24.2 Å². The van der Waals surface area contributed by atoms with Gasteiger partial charge in [0.15, 0.2) is 0 Å². The molecule has 1 heterocycles. The van der Waals surface area contributed by atoms with Crippen molar-refractivity contribution in [2.45, 2.75) is 47.0 Å². The second kappa shape index (κ2) is 12.7. The van der Waals surface area contributed by atoms with Crippen LogP contribution in [0, 0.1) is 5.92 Å². The Morgan fingerprint density at radius 1 is 1.14 bits per heavy atom. The van der Waals surface area contributed by atoms with Gasteiger partial charge in [-0.1, -0.05) is 59.7 Å². The Labute approximate surface area is 132 Å². The van der Waals surface area contributed by atoms with Gasteiger partial charge in [-0.25, -0.2) is 0 Å². The van der Waals surface area contributed by atoms with Crippen molar-refractivity contribution in [2.24, 2.45) is 11.7 Å². The van der Waals surface area contributed by atoms with Crippen LogP contribution in [-0.2, 0) is 5.41 Å². The molecule has 3 heteroatoms. The quantitative estimate of drug-likeness (QED) is 0.794. The van der Waals surface area contributed by atoms with E-state index in [1.807, 2.05) is 34.7 Å². The van der Waals surface area contributed by atoms with Crippen molar-refractivity contribution >= 4 is 5.69 Å². The molecule has 0 amide bonds. The third-order valence-corrected chi connectivity index (χ3v) is 3.66. The number of rotatable bonds is 3. The summed E-state index contributed by atoms with van der Waals surface area (Å²) in [5, 5.41) is 6.85. The maximum atomic E-state index is 4.50. The van der Waals surface area contributed by atoms with Crippen LogP contribution in [0.5, 0.6) is 0 Å². The third kappa shape index (κ3) is 5.33. The summed E-state index contributed by atoms with van der Waals surface area (Å²) >= 11 is 0. The molecule has 1 aliphatic heterocycles. The van der Waals surface area contributed by atoms with Gasteiger partial charge in [-0.2, -0.15) is 0 Å². The van der Waals surface area contributed by atoms with Gasteiger partial charge in [0.25, 0.3) is 0 Å². The van der Waals surface area contributed by atoms with Gasteiger partial charge in [0.1, 0.15) is 0 Å². The Bertz CT molecular complexity index is 346. The molecular formula is C18H37N3. The van der Waals surface area contributed by atoms with E-state index in [-0.39, 0.29) is 5.41 Å². The summed E-state index contributed by atoms with van der Waals surface area (Å²) in [7, 11) is 3.53. The molecule has 0 radical (unpaired) electrons. The van der Waals surface area contributed by atoms with E-state index >= 15 is 0 Å². The lowest BCUT2D eigenvalue weighted by molar-refractivity contribution is 0.327. The highest BCUT2D eigenvalue weighted by Crippen LogP contribution is 2.41. The fraction of sp³-hybridized carbons (Fsp3) is 0.667. The van der Waals surface area contributed by atoms with Crippen molar-refractivity contribution in [3.63, 3.8) is 0 Å². The summed E-state index contributed by atoms with van der Waals surface area (Å²) in [6.07, 6.45) is 0. The fourth-order valence-corrected chi connectivity index (χ4v) is 2.61. The number of nitrogens with two attached hydrogens (primary N) is 1. The molecule has 4 N–H and O–H groups in total. The van der Waals surface area contributed by atoms with Crippen molar-refractivity contribution < 1.29 is 0 Å². The van der Waals surface area contributed by atoms with Crippen molar-refractivity contribution in [1.82, 2.24) is 5.32 Å². The number of hydrogen-bond donors (Lipinski definition) is 3. The summed E-state index contributed by atoms with van der Waals surface area (Å²) in [5.74, 6) is 0.640. The molecule has 0 aliphatic carbocycles. The highest BCUT2D eigenvalue weighted by molar-refractivity contribution is 5.60. The first kappa shape index (κ1) is 22.2. The average molecular weight is 296 g/mol. The lowest BCUT2D eigenvalue weighted by Gasteiger charge is -2.33. The van der Waals surface area contributed by atoms with Gasteiger partial charge >= 0.3 is 0 Å². The van der Waals surface area contributed by atoms with Crippen molar-refractivity contribution in [3.8, 4) is 0 Å². The van der Waals surface area contributed by atoms with Gasteiger partial charge in [-0.3, -0.25) is 0 Å². The molecule has 1 unspecified atom stereocenters. The molecule has 0 aromatic heterocycles. The largest absolute Gasteiger partial charge is 0.384 e. The first-order valence-electron chi connectivity index (χ1n) is 8.26. The molecule has 1 aliphatic rings. The normalized spacial score (nSPS) is 18.0. The number of fused-ring (bicyclic) bond motifs is 1. The third-order valence-electron chi connectivity index (χ3n) is 3.66. The average Bonchev–Trinajstić information content (AvgIpc) is 2.94. The summed E-state index contributed by atoms with van der Waals surface area (Å²) < 4.78 is 0. The maximum Gasteiger partial charge on any atom is 0.0380 e. The smallest absolute Gasteiger partial charge is 0.0380 e. The van der Waals surface area contributed by atoms with Crippen molar-refractivity contribution in [1.29, 1.82) is 0 Å². The Balaban J connectivity index is 0. The van der Waals surface area contributed by atoms with E-state index in [1.54, 1.807) is 0 Å². The van der Waals surface area contributed by atoms with Crippen LogP contribution < -0.4 is 16.4 Å². The molecule has 0 saturated carbocycles. The molecule has 0 saturated heterocycles. The predicted molar refractivity (Wildman–Crippen MR) is 98.2 cm³/mol. The number of anilines is 1. The Kier molecular flexibility index (Phi) is 13.4. The van der Waals surface area contributed by atoms with E-state index in [0.29, 0.717) is 5.92 Å². The zero-order valence-electron chi connectivity index (χ0n) is 15.4. The van der Waals surface area contributed by atoms with E-state index in [9.17, 15) is 0 Å². The Morgan fingerprint density at radius 3 is 2.14 bits per heavy atom. The molecule has 1 atom stereocenters. The number of nitrogens with one attached hydrogen (secondary N) is 2. The van der Waals surface area contributed by atoms with Gasteiger partial charge in [-0.05, 0) is 31.6 Å². The Morgan fingerprint density at radius 2 is 1.67 bits per heavy atom. The summed E-state index contributed by atoms with van der Waals surface area (Å²) in [4.78, 5) is 0. The van der Waals surface area contributed by atoms with Crippen molar-refractivity contribution in [3.05, 3.63) is 29.8 Å². The lowest BCUT2D eigenvalue weighted by Crippen LogP contribution is -2.43. The van der Waals surface area contributed by atoms with Crippen LogP contribution >= 0.6 is 0 Å².